The molecule has 1 aromatic rings. The first kappa shape index (κ1) is 18.4. The molecule has 1 aliphatic heterocycles. The number of sulfonamides is 1. The average molecular weight is 370 g/mol. The minimum absolute atomic E-state index is 0.0343. The number of carbonyl (C=O) groups excluding carboxylic acids is 2. The number of likely N-dealkylation sites (N-methyl/N-ethyl adjacent to an activating group) is 1. The second-order valence-corrected chi connectivity index (χ2v) is 8.77. The molecule has 0 aliphatic carbocycles. The van der Waals surface area contributed by atoms with Crippen molar-refractivity contribution in [1.82, 2.24) is 9.21 Å². The number of fused-ring (bicyclic) bond motifs is 1. The Hall–Kier alpha value is -1.96. The molecule has 1 N–H and O–H groups in total. The second kappa shape index (κ2) is 6.88. The molecule has 0 atom stereocenters. The molecule has 24 heavy (non-hydrogen) atoms. The van der Waals surface area contributed by atoms with Gasteiger partial charge in [0.05, 0.1) is 24.9 Å². The predicted molar refractivity (Wildman–Crippen MR) is 89.9 cm³/mol. The summed E-state index contributed by atoms with van der Waals surface area (Å²) in [6.45, 7) is 2.13. The van der Waals surface area contributed by atoms with E-state index in [1.165, 1.54) is 25.3 Å². The normalized spacial score (nSPS) is 14.2. The molecule has 0 aromatic carbocycles. The van der Waals surface area contributed by atoms with Crippen LogP contribution in [0.15, 0.2) is 0 Å². The minimum Gasteiger partial charge on any atom is -0.337 e. The number of rotatable bonds is 4. The van der Waals surface area contributed by atoms with Crippen LogP contribution in [0.4, 0.5) is 5.00 Å². The third-order valence-electron chi connectivity index (χ3n) is 3.80. The molecule has 2 rings (SSSR count). The summed E-state index contributed by atoms with van der Waals surface area (Å²) in [7, 11) is -2.15. The lowest BCUT2D eigenvalue weighted by Crippen LogP contribution is -2.34. The summed E-state index contributed by atoms with van der Waals surface area (Å²) >= 11 is 1.25. The molecule has 10 heteroatoms. The SMILES string of the molecule is CC(=O)N1CCc2c(sc(NC(=O)CN(C)S(C)(=O)=O)c2C#N)C1. The van der Waals surface area contributed by atoms with E-state index in [1.807, 2.05) is 0 Å². The van der Waals surface area contributed by atoms with Gasteiger partial charge in [-0.05, 0) is 12.0 Å². The van der Waals surface area contributed by atoms with E-state index in [-0.39, 0.29) is 12.5 Å². The summed E-state index contributed by atoms with van der Waals surface area (Å²) in [5.74, 6) is -0.547. The fourth-order valence-electron chi connectivity index (χ4n) is 2.36. The number of nitrogens with one attached hydrogen (secondary N) is 1. The van der Waals surface area contributed by atoms with Crippen LogP contribution in [0, 0.1) is 11.3 Å². The van der Waals surface area contributed by atoms with Crippen molar-refractivity contribution < 1.29 is 18.0 Å². The first-order valence-corrected chi connectivity index (χ1v) is 9.81. The lowest BCUT2D eigenvalue weighted by molar-refractivity contribution is -0.129. The van der Waals surface area contributed by atoms with Gasteiger partial charge in [0, 0.05) is 25.4 Å². The van der Waals surface area contributed by atoms with Crippen LogP contribution < -0.4 is 5.32 Å². The summed E-state index contributed by atoms with van der Waals surface area (Å²) in [6.07, 6.45) is 1.58. The van der Waals surface area contributed by atoms with Crippen LogP contribution in [0.2, 0.25) is 0 Å². The zero-order valence-corrected chi connectivity index (χ0v) is 15.3. The summed E-state index contributed by atoms with van der Waals surface area (Å²) in [5.41, 5.74) is 1.25. The van der Waals surface area contributed by atoms with Crippen LogP contribution >= 0.6 is 11.3 Å². The lowest BCUT2D eigenvalue weighted by atomic mass is 10.0. The molecule has 1 aliphatic rings. The van der Waals surface area contributed by atoms with E-state index in [1.54, 1.807) is 4.90 Å². The fourth-order valence-corrected chi connectivity index (χ4v) is 3.95. The van der Waals surface area contributed by atoms with Crippen LogP contribution in [0.1, 0.15) is 22.9 Å². The quantitative estimate of drug-likeness (QED) is 0.822. The monoisotopic (exact) mass is 370 g/mol. The summed E-state index contributed by atoms with van der Waals surface area (Å²) in [4.78, 5) is 26.1. The van der Waals surface area contributed by atoms with Gasteiger partial charge in [-0.1, -0.05) is 0 Å². The first-order chi connectivity index (χ1) is 11.1. The van der Waals surface area contributed by atoms with Gasteiger partial charge in [-0.2, -0.15) is 9.57 Å². The molecule has 0 radical (unpaired) electrons. The Bertz CT molecular complexity index is 823. The maximum absolute atomic E-state index is 12.0. The van der Waals surface area contributed by atoms with Gasteiger partial charge in [-0.3, -0.25) is 9.59 Å². The highest BCUT2D eigenvalue weighted by Gasteiger charge is 2.26. The third kappa shape index (κ3) is 3.92. The van der Waals surface area contributed by atoms with Crippen molar-refractivity contribution in [2.45, 2.75) is 19.9 Å². The number of anilines is 1. The van der Waals surface area contributed by atoms with Crippen LogP contribution in [0.25, 0.3) is 0 Å². The zero-order chi connectivity index (χ0) is 18.1. The Balaban J connectivity index is 2.19. The highest BCUT2D eigenvalue weighted by atomic mass is 32.2. The van der Waals surface area contributed by atoms with Gasteiger partial charge < -0.3 is 10.2 Å². The van der Waals surface area contributed by atoms with E-state index >= 15 is 0 Å². The maximum Gasteiger partial charge on any atom is 0.240 e. The minimum atomic E-state index is -3.46. The molecule has 0 fully saturated rings. The first-order valence-electron chi connectivity index (χ1n) is 7.14. The van der Waals surface area contributed by atoms with Crippen molar-refractivity contribution in [2.75, 3.05) is 31.7 Å². The molecule has 8 nitrogen and oxygen atoms in total. The van der Waals surface area contributed by atoms with Gasteiger partial charge in [0.15, 0.2) is 0 Å². The van der Waals surface area contributed by atoms with Crippen LogP contribution in [0.3, 0.4) is 0 Å². The average Bonchev–Trinajstić information content (AvgIpc) is 2.81. The van der Waals surface area contributed by atoms with Crippen molar-refractivity contribution in [3.05, 3.63) is 16.0 Å². The highest BCUT2D eigenvalue weighted by molar-refractivity contribution is 7.88. The summed E-state index contributed by atoms with van der Waals surface area (Å²) in [6, 6.07) is 2.10. The smallest absolute Gasteiger partial charge is 0.240 e. The van der Waals surface area contributed by atoms with E-state index in [0.717, 1.165) is 21.0 Å². The van der Waals surface area contributed by atoms with Crippen molar-refractivity contribution in [3.8, 4) is 6.07 Å². The van der Waals surface area contributed by atoms with Gasteiger partial charge in [0.1, 0.15) is 11.1 Å². The maximum atomic E-state index is 12.0. The Morgan fingerprint density at radius 1 is 1.46 bits per heavy atom. The Morgan fingerprint density at radius 2 is 2.12 bits per heavy atom. The highest BCUT2D eigenvalue weighted by Crippen LogP contribution is 2.36. The Kier molecular flexibility index (Phi) is 5.27. The lowest BCUT2D eigenvalue weighted by Gasteiger charge is -2.25. The van der Waals surface area contributed by atoms with Crippen molar-refractivity contribution in [3.63, 3.8) is 0 Å². The molecule has 0 unspecified atom stereocenters. The van der Waals surface area contributed by atoms with Crippen molar-refractivity contribution in [1.29, 1.82) is 5.26 Å². The van der Waals surface area contributed by atoms with Gasteiger partial charge in [-0.25, -0.2) is 8.42 Å². The molecular weight excluding hydrogens is 352 g/mol. The molecule has 0 saturated carbocycles. The molecule has 2 heterocycles. The van der Waals surface area contributed by atoms with Crippen LogP contribution in [-0.2, 0) is 32.6 Å². The standard InChI is InChI=1S/C14H18N4O4S2/c1-9(19)18-5-4-10-11(6-15)14(23-12(10)7-18)16-13(20)8-17(2)24(3,21)22/h4-5,7-8H2,1-3H3,(H,16,20). The molecule has 0 bridgehead atoms. The summed E-state index contributed by atoms with van der Waals surface area (Å²) in [5, 5.41) is 12.4. The summed E-state index contributed by atoms with van der Waals surface area (Å²) < 4.78 is 23.7. The number of nitriles is 1. The van der Waals surface area contributed by atoms with E-state index < -0.39 is 15.9 Å². The van der Waals surface area contributed by atoms with Gasteiger partial charge in [0.2, 0.25) is 21.8 Å². The molecule has 2 amide bonds. The number of hydrogen-bond acceptors (Lipinski definition) is 6. The van der Waals surface area contributed by atoms with Crippen LogP contribution in [0.5, 0.6) is 0 Å². The number of thiophene rings is 1. The van der Waals surface area contributed by atoms with Gasteiger partial charge in [0.25, 0.3) is 0 Å². The van der Waals surface area contributed by atoms with Crippen molar-refractivity contribution >= 4 is 38.2 Å². The number of carbonyl (C=O) groups is 2. The van der Waals surface area contributed by atoms with Gasteiger partial charge >= 0.3 is 0 Å². The van der Waals surface area contributed by atoms with E-state index in [9.17, 15) is 23.3 Å². The molecular formula is C14H18N4O4S2. The fraction of sp³-hybridized carbons (Fsp3) is 0.500. The molecule has 0 spiro atoms. The zero-order valence-electron chi connectivity index (χ0n) is 13.6. The van der Waals surface area contributed by atoms with Crippen molar-refractivity contribution in [2.24, 2.45) is 0 Å². The predicted octanol–water partition coefficient (Wildman–Crippen LogP) is 0.354. The second-order valence-electron chi connectivity index (χ2n) is 5.58. The van der Waals surface area contributed by atoms with E-state index in [2.05, 4.69) is 11.4 Å². The largest absolute Gasteiger partial charge is 0.337 e. The molecule has 130 valence electrons. The molecule has 1 aromatic heterocycles. The molecule has 0 saturated heterocycles. The van der Waals surface area contributed by atoms with E-state index in [0.29, 0.717) is 30.1 Å². The van der Waals surface area contributed by atoms with E-state index in [4.69, 9.17) is 0 Å². The van der Waals surface area contributed by atoms with Crippen LogP contribution in [-0.4, -0.2) is 55.8 Å². The topological polar surface area (TPSA) is 111 Å². The Morgan fingerprint density at radius 3 is 2.67 bits per heavy atom. The Labute approximate surface area is 144 Å². The third-order valence-corrected chi connectivity index (χ3v) is 6.19. The van der Waals surface area contributed by atoms with Gasteiger partial charge in [-0.15, -0.1) is 11.3 Å². The number of amides is 2. The number of hydrogen-bond donors (Lipinski definition) is 1. The number of nitrogens with zero attached hydrogens (tertiary/aromatic N) is 3.